The van der Waals surface area contributed by atoms with E-state index in [0.717, 1.165) is 31.3 Å². The molecule has 2 aliphatic carbocycles. The minimum absolute atomic E-state index is 0.0923. The van der Waals surface area contributed by atoms with E-state index in [1.54, 1.807) is 6.08 Å². The van der Waals surface area contributed by atoms with Crippen molar-refractivity contribution in [2.45, 2.75) is 71.5 Å². The summed E-state index contributed by atoms with van der Waals surface area (Å²) in [5.41, 5.74) is 0.553. The number of ether oxygens (including phenoxy) is 2. The van der Waals surface area contributed by atoms with Gasteiger partial charge in [-0.05, 0) is 62.4 Å². The van der Waals surface area contributed by atoms with Gasteiger partial charge in [-0.2, -0.15) is 0 Å². The lowest BCUT2D eigenvalue weighted by atomic mass is 9.44. The lowest BCUT2D eigenvalue weighted by Crippen LogP contribution is -2.60. The molecule has 4 rings (SSSR count). The zero-order chi connectivity index (χ0) is 17.3. The molecular weight excluding hydrogens is 304 g/mol. The minimum atomic E-state index is -0.368. The fourth-order valence-electron chi connectivity index (χ4n) is 5.94. The molecular formula is C20H28O4. The number of Topliss-reactive ketones (excluding diaryl/α,β-unsaturated/α-hetero) is 1. The lowest BCUT2D eigenvalue weighted by Gasteiger charge is -2.57. The van der Waals surface area contributed by atoms with E-state index >= 15 is 0 Å². The molecule has 2 aliphatic heterocycles. The summed E-state index contributed by atoms with van der Waals surface area (Å²) in [7, 11) is 0. The van der Waals surface area contributed by atoms with Gasteiger partial charge in [0.15, 0.2) is 0 Å². The quantitative estimate of drug-likeness (QED) is 0.587. The Hall–Kier alpha value is -1.16. The summed E-state index contributed by atoms with van der Waals surface area (Å²) in [6.07, 6.45) is 6.57. The molecule has 0 unspecified atom stereocenters. The second-order valence-electron chi connectivity index (χ2n) is 8.99. The first-order chi connectivity index (χ1) is 11.2. The number of fused-ring (bicyclic) bond motifs is 3. The maximum atomic E-state index is 13.0. The van der Waals surface area contributed by atoms with E-state index in [1.807, 2.05) is 0 Å². The fraction of sp³-hybridized carbons (Fsp3) is 0.800. The Morgan fingerprint density at radius 3 is 2.62 bits per heavy atom. The van der Waals surface area contributed by atoms with Crippen molar-refractivity contribution in [3.8, 4) is 0 Å². The Labute approximate surface area is 144 Å². The molecule has 0 aromatic heterocycles. The Morgan fingerprint density at radius 2 is 1.96 bits per heavy atom. The van der Waals surface area contributed by atoms with Gasteiger partial charge in [0.25, 0.3) is 0 Å². The number of ketones is 1. The Bertz CT molecular complexity index is 638. The number of carbonyl (C=O) groups excluding carboxylic acids is 2. The van der Waals surface area contributed by atoms with Crippen molar-refractivity contribution in [1.29, 1.82) is 0 Å². The fourth-order valence-corrected chi connectivity index (χ4v) is 5.94. The molecule has 4 heteroatoms. The molecule has 0 N–H and O–H groups in total. The van der Waals surface area contributed by atoms with Crippen LogP contribution in [0.4, 0.5) is 0 Å². The highest BCUT2D eigenvalue weighted by atomic mass is 16.6. The van der Waals surface area contributed by atoms with Crippen molar-refractivity contribution >= 4 is 11.8 Å². The van der Waals surface area contributed by atoms with Crippen LogP contribution in [0.15, 0.2) is 11.6 Å². The van der Waals surface area contributed by atoms with Crippen LogP contribution in [0.25, 0.3) is 0 Å². The number of epoxide rings is 1. The maximum absolute atomic E-state index is 13.0. The average Bonchev–Trinajstić information content (AvgIpc) is 3.04. The van der Waals surface area contributed by atoms with Crippen LogP contribution in [-0.4, -0.2) is 30.1 Å². The van der Waals surface area contributed by atoms with Gasteiger partial charge in [0.05, 0.1) is 11.5 Å². The van der Waals surface area contributed by atoms with Crippen LogP contribution in [0.3, 0.4) is 0 Å². The molecule has 0 aromatic rings. The van der Waals surface area contributed by atoms with Gasteiger partial charge in [0.1, 0.15) is 18.0 Å². The third kappa shape index (κ3) is 1.95. The molecule has 132 valence electrons. The van der Waals surface area contributed by atoms with Crippen LogP contribution in [0, 0.1) is 22.7 Å². The highest BCUT2D eigenvalue weighted by Gasteiger charge is 2.74. The molecule has 4 aliphatic rings. The lowest BCUT2D eigenvalue weighted by molar-refractivity contribution is -0.158. The topological polar surface area (TPSA) is 55.9 Å². The van der Waals surface area contributed by atoms with E-state index in [0.29, 0.717) is 30.6 Å². The standard InChI is InChI=1S/C20H28O4/c1-12-9-15(21)19(3)14(5-6-16-20(19,4)24-16)18(12,2)8-7-13-10-17(22)23-11-13/h10,12,14,16H,5-9,11H2,1-4H3/t12-,14-,16+,18-,19+,20+/m1/s1. The van der Waals surface area contributed by atoms with Gasteiger partial charge in [-0.15, -0.1) is 0 Å². The monoisotopic (exact) mass is 332 g/mol. The molecule has 4 nitrogen and oxygen atoms in total. The number of cyclic esters (lactones) is 1. The van der Waals surface area contributed by atoms with Gasteiger partial charge in [0.2, 0.25) is 0 Å². The maximum Gasteiger partial charge on any atom is 0.331 e. The summed E-state index contributed by atoms with van der Waals surface area (Å²) >= 11 is 0. The van der Waals surface area contributed by atoms with Crippen molar-refractivity contribution < 1.29 is 19.1 Å². The number of carbonyl (C=O) groups is 2. The number of esters is 1. The zero-order valence-electron chi connectivity index (χ0n) is 15.2. The summed E-state index contributed by atoms with van der Waals surface area (Å²) < 4.78 is 11.1. The average molecular weight is 332 g/mol. The first-order valence-electron chi connectivity index (χ1n) is 9.29. The number of hydrogen-bond donors (Lipinski definition) is 0. The van der Waals surface area contributed by atoms with Crippen LogP contribution in [0.5, 0.6) is 0 Å². The van der Waals surface area contributed by atoms with Gasteiger partial charge in [-0.3, -0.25) is 4.79 Å². The summed E-state index contributed by atoms with van der Waals surface area (Å²) in [6, 6.07) is 0. The van der Waals surface area contributed by atoms with Crippen LogP contribution in [0.1, 0.15) is 59.8 Å². The van der Waals surface area contributed by atoms with Crippen molar-refractivity contribution in [2.75, 3.05) is 6.61 Å². The van der Waals surface area contributed by atoms with Crippen LogP contribution in [0.2, 0.25) is 0 Å². The first-order valence-corrected chi connectivity index (χ1v) is 9.29. The summed E-state index contributed by atoms with van der Waals surface area (Å²) in [4.78, 5) is 24.3. The minimum Gasteiger partial charge on any atom is -0.458 e. The molecule has 1 saturated heterocycles. The molecule has 2 heterocycles. The highest BCUT2D eigenvalue weighted by Crippen LogP contribution is 2.69. The molecule has 3 fully saturated rings. The second kappa shape index (κ2) is 4.94. The Kier molecular flexibility index (Phi) is 3.36. The van der Waals surface area contributed by atoms with E-state index in [1.165, 1.54) is 0 Å². The van der Waals surface area contributed by atoms with Crippen molar-refractivity contribution in [3.05, 3.63) is 11.6 Å². The van der Waals surface area contributed by atoms with Gasteiger partial charge >= 0.3 is 5.97 Å². The van der Waals surface area contributed by atoms with E-state index in [2.05, 4.69) is 27.7 Å². The molecule has 24 heavy (non-hydrogen) atoms. The van der Waals surface area contributed by atoms with Crippen molar-refractivity contribution in [2.24, 2.45) is 22.7 Å². The summed E-state index contributed by atoms with van der Waals surface area (Å²) in [6.45, 7) is 9.32. The third-order valence-electron chi connectivity index (χ3n) is 8.09. The molecule has 0 bridgehead atoms. The van der Waals surface area contributed by atoms with E-state index in [-0.39, 0.29) is 28.5 Å². The summed E-state index contributed by atoms with van der Waals surface area (Å²) in [5.74, 6) is 0.885. The van der Waals surface area contributed by atoms with Crippen LogP contribution in [-0.2, 0) is 19.1 Å². The SMILES string of the molecule is C[C@@H]1CC(=O)[C@]2(C)[C@H](CC[C@@H]3O[C@@]32C)[C@]1(C)CCC1=CC(=O)OC1. The first kappa shape index (κ1) is 16.3. The van der Waals surface area contributed by atoms with E-state index in [4.69, 9.17) is 9.47 Å². The van der Waals surface area contributed by atoms with Gasteiger partial charge in [-0.1, -0.05) is 13.8 Å². The van der Waals surface area contributed by atoms with Gasteiger partial charge in [-0.25, -0.2) is 4.79 Å². The predicted octanol–water partition coefficient (Wildman–Crippen LogP) is 3.44. The molecule has 0 aromatic carbocycles. The van der Waals surface area contributed by atoms with Crippen molar-refractivity contribution in [3.63, 3.8) is 0 Å². The van der Waals surface area contributed by atoms with E-state index < -0.39 is 0 Å². The number of rotatable bonds is 3. The highest BCUT2D eigenvalue weighted by molar-refractivity contribution is 5.88. The Balaban J connectivity index is 1.62. The molecule has 0 radical (unpaired) electrons. The Morgan fingerprint density at radius 1 is 1.21 bits per heavy atom. The van der Waals surface area contributed by atoms with Gasteiger partial charge < -0.3 is 9.47 Å². The second-order valence-corrected chi connectivity index (χ2v) is 8.99. The largest absolute Gasteiger partial charge is 0.458 e. The normalized spacial score (nSPS) is 50.0. The predicted molar refractivity (Wildman–Crippen MR) is 89.3 cm³/mol. The molecule has 0 amide bonds. The smallest absolute Gasteiger partial charge is 0.331 e. The molecule has 6 atom stereocenters. The summed E-state index contributed by atoms with van der Waals surface area (Å²) in [5, 5.41) is 0. The third-order valence-corrected chi connectivity index (χ3v) is 8.09. The van der Waals surface area contributed by atoms with Crippen molar-refractivity contribution in [1.82, 2.24) is 0 Å². The molecule has 0 spiro atoms. The van der Waals surface area contributed by atoms with Crippen LogP contribution < -0.4 is 0 Å². The van der Waals surface area contributed by atoms with Gasteiger partial charge in [0, 0.05) is 12.5 Å². The number of hydrogen-bond acceptors (Lipinski definition) is 4. The van der Waals surface area contributed by atoms with Crippen LogP contribution >= 0.6 is 0 Å². The zero-order valence-corrected chi connectivity index (χ0v) is 15.2. The van der Waals surface area contributed by atoms with E-state index in [9.17, 15) is 9.59 Å². The molecule has 2 saturated carbocycles.